The van der Waals surface area contributed by atoms with Crippen LogP contribution in [0.25, 0.3) is 21.8 Å². The van der Waals surface area contributed by atoms with E-state index >= 15 is 0 Å². The van der Waals surface area contributed by atoms with Gasteiger partial charge in [0.25, 0.3) is 5.91 Å². The van der Waals surface area contributed by atoms with Crippen LogP contribution < -0.4 is 10.2 Å². The molecule has 0 aliphatic carbocycles. The molecule has 4 rings (SSSR count). The second-order valence-corrected chi connectivity index (χ2v) is 7.47. The molecule has 0 radical (unpaired) electrons. The third-order valence-electron chi connectivity index (χ3n) is 5.01. The Morgan fingerprint density at radius 3 is 2.70 bits per heavy atom. The molecule has 3 aromatic carbocycles. The molecule has 30 heavy (non-hydrogen) atoms. The number of fused-ring (bicyclic) bond motifs is 3. The maximum absolute atomic E-state index is 12.0. The van der Waals surface area contributed by atoms with Crippen molar-refractivity contribution in [2.75, 3.05) is 6.61 Å². The smallest absolute Gasteiger partial charge is 0.277 e. The van der Waals surface area contributed by atoms with Gasteiger partial charge in [-0.15, -0.1) is 0 Å². The maximum atomic E-state index is 12.0. The van der Waals surface area contributed by atoms with Crippen LogP contribution in [-0.4, -0.2) is 23.3 Å². The lowest BCUT2D eigenvalue weighted by Gasteiger charge is -2.08. The van der Waals surface area contributed by atoms with Crippen LogP contribution in [0.4, 0.5) is 0 Å². The van der Waals surface area contributed by atoms with Crippen molar-refractivity contribution in [1.29, 1.82) is 0 Å². The molecule has 1 aromatic heterocycles. The summed E-state index contributed by atoms with van der Waals surface area (Å²) in [5, 5.41) is 7.08. The zero-order valence-corrected chi connectivity index (χ0v) is 17.6. The van der Waals surface area contributed by atoms with Gasteiger partial charge in [0.2, 0.25) is 0 Å². The Hall–Kier alpha value is -3.31. The number of rotatable bonds is 6. The predicted octanol–water partition coefficient (Wildman–Crippen LogP) is 5.31. The van der Waals surface area contributed by atoms with E-state index in [2.05, 4.69) is 52.3 Å². The molecule has 0 fully saturated rings. The number of aromatic nitrogens is 1. The second-order valence-electron chi connectivity index (χ2n) is 7.03. The average Bonchev–Trinajstić information content (AvgIpc) is 3.06. The van der Waals surface area contributed by atoms with E-state index in [-0.39, 0.29) is 12.5 Å². The molecule has 4 aromatic rings. The van der Waals surface area contributed by atoms with Crippen molar-refractivity contribution >= 4 is 45.5 Å². The molecule has 1 heterocycles. The lowest BCUT2D eigenvalue weighted by atomic mass is 10.1. The predicted molar refractivity (Wildman–Crippen MR) is 123 cm³/mol. The molecular formula is C24H22ClN3O2. The number of nitrogens with one attached hydrogen (secondary N) is 1. The van der Waals surface area contributed by atoms with Crippen LogP contribution >= 0.6 is 11.6 Å². The summed E-state index contributed by atoms with van der Waals surface area (Å²) in [6, 6.07) is 19.8. The highest BCUT2D eigenvalue weighted by Gasteiger charge is 2.09. The summed E-state index contributed by atoms with van der Waals surface area (Å²) in [6.07, 6.45) is 1.64. The molecule has 0 saturated carbocycles. The number of para-hydroxylation sites is 1. The second kappa shape index (κ2) is 8.59. The zero-order chi connectivity index (χ0) is 21.1. The quantitative estimate of drug-likeness (QED) is 0.340. The van der Waals surface area contributed by atoms with Gasteiger partial charge in [0.15, 0.2) is 6.61 Å². The first-order valence-electron chi connectivity index (χ1n) is 9.78. The van der Waals surface area contributed by atoms with Gasteiger partial charge in [-0.05, 0) is 61.4 Å². The highest BCUT2D eigenvalue weighted by atomic mass is 35.5. The van der Waals surface area contributed by atoms with Crippen molar-refractivity contribution in [1.82, 2.24) is 9.99 Å². The Kier molecular flexibility index (Phi) is 5.72. The van der Waals surface area contributed by atoms with Crippen LogP contribution in [0.2, 0.25) is 5.02 Å². The van der Waals surface area contributed by atoms with Gasteiger partial charge in [-0.1, -0.05) is 35.9 Å². The summed E-state index contributed by atoms with van der Waals surface area (Å²) < 4.78 is 7.83. The molecule has 0 bridgehead atoms. The molecule has 0 spiro atoms. The molecule has 0 atom stereocenters. The summed E-state index contributed by atoms with van der Waals surface area (Å²) >= 11 is 5.93. The zero-order valence-electron chi connectivity index (χ0n) is 16.9. The minimum Gasteiger partial charge on any atom is -0.483 e. The normalized spacial score (nSPS) is 11.4. The van der Waals surface area contributed by atoms with Crippen molar-refractivity contribution in [2.45, 2.75) is 20.4 Å². The number of hydrogen-bond donors (Lipinski definition) is 1. The first kappa shape index (κ1) is 20.0. The number of hydrazone groups is 1. The molecule has 1 N–H and O–H groups in total. The lowest BCUT2D eigenvalue weighted by molar-refractivity contribution is -0.123. The van der Waals surface area contributed by atoms with Crippen LogP contribution in [0.3, 0.4) is 0 Å². The number of ether oxygens (including phenoxy) is 1. The van der Waals surface area contributed by atoms with Gasteiger partial charge in [-0.25, -0.2) is 5.43 Å². The highest BCUT2D eigenvalue weighted by Crippen LogP contribution is 2.29. The number of hydrogen-bond acceptors (Lipinski definition) is 3. The van der Waals surface area contributed by atoms with Crippen molar-refractivity contribution in [3.05, 3.63) is 76.8 Å². The van der Waals surface area contributed by atoms with E-state index in [0.717, 1.165) is 17.7 Å². The molecule has 5 nitrogen and oxygen atoms in total. The Labute approximate surface area is 179 Å². The average molecular weight is 420 g/mol. The van der Waals surface area contributed by atoms with Gasteiger partial charge in [-0.3, -0.25) is 4.79 Å². The SMILES string of the molecule is CCn1c2ccccc2c2cc(C=NNC(=O)COc3ccc(Cl)cc3C)ccc21. The standard InChI is InChI=1S/C24H22ClN3O2/c1-3-28-21-7-5-4-6-19(21)20-13-17(8-10-22(20)28)14-26-27-24(29)15-30-23-11-9-18(25)12-16(23)2/h4-14H,3,15H2,1-2H3,(H,27,29). The fraction of sp³-hybridized carbons (Fsp3) is 0.167. The number of nitrogens with zero attached hydrogens (tertiary/aromatic N) is 2. The number of halogens is 1. The largest absolute Gasteiger partial charge is 0.483 e. The fourth-order valence-electron chi connectivity index (χ4n) is 3.62. The number of carbonyl (C=O) groups excluding carboxylic acids is 1. The van der Waals surface area contributed by atoms with E-state index in [1.165, 1.54) is 21.8 Å². The van der Waals surface area contributed by atoms with E-state index in [4.69, 9.17) is 16.3 Å². The number of aryl methyl sites for hydroxylation is 2. The topological polar surface area (TPSA) is 55.6 Å². The molecule has 152 valence electrons. The van der Waals surface area contributed by atoms with Crippen LogP contribution in [0.1, 0.15) is 18.1 Å². The Morgan fingerprint density at radius 1 is 1.10 bits per heavy atom. The highest BCUT2D eigenvalue weighted by molar-refractivity contribution is 6.30. The van der Waals surface area contributed by atoms with Crippen molar-refractivity contribution in [2.24, 2.45) is 5.10 Å². The van der Waals surface area contributed by atoms with Crippen LogP contribution in [0, 0.1) is 6.92 Å². The van der Waals surface area contributed by atoms with Gasteiger partial charge >= 0.3 is 0 Å². The molecule has 1 amide bonds. The summed E-state index contributed by atoms with van der Waals surface area (Å²) in [4.78, 5) is 12.0. The first-order valence-corrected chi connectivity index (χ1v) is 10.2. The number of amides is 1. The summed E-state index contributed by atoms with van der Waals surface area (Å²) in [5.74, 6) is 0.292. The van der Waals surface area contributed by atoms with Crippen molar-refractivity contribution in [3.63, 3.8) is 0 Å². The summed E-state index contributed by atoms with van der Waals surface area (Å²) in [6.45, 7) is 4.80. The third kappa shape index (κ3) is 4.02. The minimum absolute atomic E-state index is 0.122. The van der Waals surface area contributed by atoms with Crippen LogP contribution in [0.15, 0.2) is 65.8 Å². The van der Waals surface area contributed by atoms with E-state index in [9.17, 15) is 4.79 Å². The molecule has 0 aliphatic rings. The van der Waals surface area contributed by atoms with Gasteiger partial charge in [0.05, 0.1) is 6.21 Å². The van der Waals surface area contributed by atoms with E-state index < -0.39 is 0 Å². The van der Waals surface area contributed by atoms with Crippen molar-refractivity contribution in [3.8, 4) is 5.75 Å². The monoisotopic (exact) mass is 419 g/mol. The van der Waals surface area contributed by atoms with E-state index in [1.54, 1.807) is 24.4 Å². The Balaban J connectivity index is 1.45. The van der Waals surface area contributed by atoms with Gasteiger partial charge in [0.1, 0.15) is 5.75 Å². The molecular weight excluding hydrogens is 398 g/mol. The van der Waals surface area contributed by atoms with Crippen LogP contribution in [0.5, 0.6) is 5.75 Å². The molecule has 0 unspecified atom stereocenters. The van der Waals surface area contributed by atoms with E-state index in [1.807, 2.05) is 19.1 Å². The van der Waals surface area contributed by atoms with Gasteiger partial charge in [0, 0.05) is 33.4 Å². The summed E-state index contributed by atoms with van der Waals surface area (Å²) in [5.41, 5.74) is 6.70. The number of benzene rings is 3. The van der Waals surface area contributed by atoms with Crippen LogP contribution in [-0.2, 0) is 11.3 Å². The molecule has 6 heteroatoms. The van der Waals surface area contributed by atoms with Gasteiger partial charge < -0.3 is 9.30 Å². The summed E-state index contributed by atoms with van der Waals surface area (Å²) in [7, 11) is 0. The Morgan fingerprint density at radius 2 is 1.90 bits per heavy atom. The first-order chi connectivity index (χ1) is 14.6. The molecule has 0 aliphatic heterocycles. The maximum Gasteiger partial charge on any atom is 0.277 e. The van der Waals surface area contributed by atoms with Crippen molar-refractivity contribution < 1.29 is 9.53 Å². The van der Waals surface area contributed by atoms with E-state index in [0.29, 0.717) is 10.8 Å². The fourth-order valence-corrected chi connectivity index (χ4v) is 3.85. The third-order valence-corrected chi connectivity index (χ3v) is 5.25. The van der Waals surface area contributed by atoms with Gasteiger partial charge in [-0.2, -0.15) is 5.10 Å². The Bertz CT molecular complexity index is 1260. The number of carbonyl (C=O) groups is 1. The lowest BCUT2D eigenvalue weighted by Crippen LogP contribution is -2.24. The molecule has 0 saturated heterocycles. The minimum atomic E-state index is -0.329.